The minimum Gasteiger partial charge on any atom is -0.462 e. The second-order valence-electron chi connectivity index (χ2n) is 6.28. The molecule has 0 bridgehead atoms. The van der Waals surface area contributed by atoms with Crippen molar-refractivity contribution in [3.8, 4) is 0 Å². The lowest BCUT2D eigenvalue weighted by molar-refractivity contribution is -0.148. The molecule has 2 rings (SSSR count). The first-order valence-corrected chi connectivity index (χ1v) is 8.90. The SMILES string of the molecule is CN=C(NCCCC(=O)OC1CCCC1)NC(C)c1ccccc1. The Bertz CT molecular complexity index is 525. The molecule has 132 valence electrons. The lowest BCUT2D eigenvalue weighted by Crippen LogP contribution is -2.39. The van der Waals surface area contributed by atoms with Gasteiger partial charge in [0.1, 0.15) is 6.10 Å². The Hall–Kier alpha value is -2.04. The van der Waals surface area contributed by atoms with E-state index in [1.165, 1.54) is 18.4 Å². The number of carbonyl (C=O) groups is 1. The average Bonchev–Trinajstić information content (AvgIpc) is 3.11. The highest BCUT2D eigenvalue weighted by molar-refractivity contribution is 5.80. The van der Waals surface area contributed by atoms with Crippen LogP contribution in [0.1, 0.15) is 57.1 Å². The number of nitrogens with one attached hydrogen (secondary N) is 2. The largest absolute Gasteiger partial charge is 0.462 e. The van der Waals surface area contributed by atoms with Gasteiger partial charge in [-0.25, -0.2) is 0 Å². The fourth-order valence-corrected chi connectivity index (χ4v) is 2.92. The molecule has 0 radical (unpaired) electrons. The van der Waals surface area contributed by atoms with Gasteiger partial charge in [-0.1, -0.05) is 30.3 Å². The third kappa shape index (κ3) is 6.22. The van der Waals surface area contributed by atoms with Crippen molar-refractivity contribution in [3.05, 3.63) is 35.9 Å². The topological polar surface area (TPSA) is 62.7 Å². The zero-order valence-corrected chi connectivity index (χ0v) is 14.8. The molecule has 0 aromatic heterocycles. The molecule has 1 saturated carbocycles. The summed E-state index contributed by atoms with van der Waals surface area (Å²) >= 11 is 0. The van der Waals surface area contributed by atoms with E-state index in [1.54, 1.807) is 7.05 Å². The van der Waals surface area contributed by atoms with Crippen LogP contribution in [-0.4, -0.2) is 31.6 Å². The fraction of sp³-hybridized carbons (Fsp3) is 0.579. The molecular weight excluding hydrogens is 302 g/mol. The summed E-state index contributed by atoms with van der Waals surface area (Å²) in [5.41, 5.74) is 1.21. The molecule has 5 heteroatoms. The molecule has 1 aromatic carbocycles. The first-order valence-electron chi connectivity index (χ1n) is 8.90. The normalized spacial score (nSPS) is 16.7. The maximum absolute atomic E-state index is 11.8. The average molecular weight is 331 g/mol. The second-order valence-corrected chi connectivity index (χ2v) is 6.28. The number of rotatable bonds is 7. The van der Waals surface area contributed by atoms with Gasteiger partial charge < -0.3 is 15.4 Å². The van der Waals surface area contributed by atoms with Gasteiger partial charge in [-0.15, -0.1) is 0 Å². The number of benzene rings is 1. The highest BCUT2D eigenvalue weighted by Crippen LogP contribution is 2.21. The maximum Gasteiger partial charge on any atom is 0.306 e. The summed E-state index contributed by atoms with van der Waals surface area (Å²) in [7, 11) is 1.75. The molecule has 1 aromatic rings. The molecule has 1 aliphatic carbocycles. The van der Waals surface area contributed by atoms with Crippen LogP contribution in [0.25, 0.3) is 0 Å². The van der Waals surface area contributed by atoms with Gasteiger partial charge in [0.05, 0.1) is 6.04 Å². The van der Waals surface area contributed by atoms with E-state index in [1.807, 2.05) is 18.2 Å². The second kappa shape index (κ2) is 9.96. The molecule has 1 fully saturated rings. The standard InChI is InChI=1S/C19H29N3O2/c1-15(16-9-4-3-5-10-16)22-19(20-2)21-14-8-13-18(23)24-17-11-6-7-12-17/h3-5,9-10,15,17H,6-8,11-14H2,1-2H3,(H2,20,21,22). The van der Waals surface area contributed by atoms with Gasteiger partial charge in [0, 0.05) is 20.0 Å². The van der Waals surface area contributed by atoms with Crippen molar-refractivity contribution in [2.45, 2.75) is 57.6 Å². The molecule has 0 saturated heterocycles. The molecule has 1 atom stereocenters. The Labute approximate surface area is 144 Å². The molecule has 0 heterocycles. The molecule has 0 spiro atoms. The third-order valence-electron chi connectivity index (χ3n) is 4.33. The molecule has 0 aliphatic heterocycles. The molecule has 0 amide bonds. The highest BCUT2D eigenvalue weighted by Gasteiger charge is 2.18. The van der Waals surface area contributed by atoms with Crippen molar-refractivity contribution >= 4 is 11.9 Å². The highest BCUT2D eigenvalue weighted by atomic mass is 16.5. The van der Waals surface area contributed by atoms with Gasteiger partial charge in [0.25, 0.3) is 0 Å². The van der Waals surface area contributed by atoms with E-state index >= 15 is 0 Å². The number of esters is 1. The van der Waals surface area contributed by atoms with Crippen molar-refractivity contribution in [2.24, 2.45) is 4.99 Å². The van der Waals surface area contributed by atoms with Gasteiger partial charge >= 0.3 is 5.97 Å². The Morgan fingerprint density at radius 3 is 2.67 bits per heavy atom. The van der Waals surface area contributed by atoms with Crippen LogP contribution in [0.15, 0.2) is 35.3 Å². The summed E-state index contributed by atoms with van der Waals surface area (Å²) < 4.78 is 5.45. The Kier molecular flexibility index (Phi) is 7.59. The van der Waals surface area contributed by atoms with Crippen LogP contribution < -0.4 is 10.6 Å². The van der Waals surface area contributed by atoms with E-state index in [-0.39, 0.29) is 18.1 Å². The predicted octanol–water partition coefficient (Wildman–Crippen LogP) is 3.18. The van der Waals surface area contributed by atoms with Crippen molar-refractivity contribution in [1.29, 1.82) is 0 Å². The lowest BCUT2D eigenvalue weighted by Gasteiger charge is -2.18. The number of hydrogen-bond donors (Lipinski definition) is 2. The number of carbonyl (C=O) groups excluding carboxylic acids is 1. The summed E-state index contributed by atoms with van der Waals surface area (Å²) in [6.45, 7) is 2.79. The third-order valence-corrected chi connectivity index (χ3v) is 4.33. The molecule has 5 nitrogen and oxygen atoms in total. The molecule has 1 aliphatic rings. The smallest absolute Gasteiger partial charge is 0.306 e. The summed E-state index contributed by atoms with van der Waals surface area (Å²) in [4.78, 5) is 16.0. The van der Waals surface area contributed by atoms with Crippen LogP contribution >= 0.6 is 0 Å². The van der Waals surface area contributed by atoms with Crippen molar-refractivity contribution in [1.82, 2.24) is 10.6 Å². The molecule has 2 N–H and O–H groups in total. The molecule has 1 unspecified atom stereocenters. The Morgan fingerprint density at radius 1 is 1.29 bits per heavy atom. The van der Waals surface area contributed by atoms with E-state index in [4.69, 9.17) is 4.74 Å². The van der Waals surface area contributed by atoms with Crippen molar-refractivity contribution in [3.63, 3.8) is 0 Å². The first-order chi connectivity index (χ1) is 11.7. The summed E-state index contributed by atoms with van der Waals surface area (Å²) in [6.07, 6.45) is 5.77. The van der Waals surface area contributed by atoms with Crippen LogP contribution in [0, 0.1) is 0 Å². The van der Waals surface area contributed by atoms with E-state index < -0.39 is 0 Å². The lowest BCUT2D eigenvalue weighted by atomic mass is 10.1. The van der Waals surface area contributed by atoms with Gasteiger partial charge in [0.2, 0.25) is 0 Å². The number of nitrogens with zero attached hydrogens (tertiary/aromatic N) is 1. The fourth-order valence-electron chi connectivity index (χ4n) is 2.92. The number of guanidine groups is 1. The van der Waals surface area contributed by atoms with Crippen molar-refractivity contribution in [2.75, 3.05) is 13.6 Å². The van der Waals surface area contributed by atoms with E-state index in [9.17, 15) is 4.79 Å². The Morgan fingerprint density at radius 2 is 2.00 bits per heavy atom. The van der Waals surface area contributed by atoms with E-state index in [0.29, 0.717) is 13.0 Å². The van der Waals surface area contributed by atoms with Crippen LogP contribution in [-0.2, 0) is 9.53 Å². The van der Waals surface area contributed by atoms with Crippen LogP contribution in [0.2, 0.25) is 0 Å². The minimum atomic E-state index is -0.0794. The maximum atomic E-state index is 11.8. The first kappa shape index (κ1) is 18.3. The zero-order valence-electron chi connectivity index (χ0n) is 14.8. The van der Waals surface area contributed by atoms with Crippen LogP contribution in [0.4, 0.5) is 0 Å². The van der Waals surface area contributed by atoms with Gasteiger partial charge in [-0.3, -0.25) is 9.79 Å². The monoisotopic (exact) mass is 331 g/mol. The summed E-state index contributed by atoms with van der Waals surface area (Å²) in [5.74, 6) is 0.666. The summed E-state index contributed by atoms with van der Waals surface area (Å²) in [5, 5.41) is 6.60. The van der Waals surface area contributed by atoms with E-state index in [0.717, 1.165) is 25.2 Å². The number of aliphatic imine (C=N–C) groups is 1. The van der Waals surface area contributed by atoms with E-state index in [2.05, 4.69) is 34.7 Å². The Balaban J connectivity index is 1.63. The van der Waals surface area contributed by atoms with Gasteiger partial charge in [0.15, 0.2) is 5.96 Å². The predicted molar refractivity (Wildman–Crippen MR) is 96.9 cm³/mol. The van der Waals surface area contributed by atoms with Crippen LogP contribution in [0.5, 0.6) is 0 Å². The molecular formula is C19H29N3O2. The number of hydrogen-bond acceptors (Lipinski definition) is 3. The minimum absolute atomic E-state index is 0.0794. The quantitative estimate of drug-likeness (QED) is 0.349. The number of ether oxygens (including phenoxy) is 1. The van der Waals surface area contributed by atoms with Crippen molar-refractivity contribution < 1.29 is 9.53 Å². The summed E-state index contributed by atoms with van der Waals surface area (Å²) in [6, 6.07) is 10.4. The van der Waals surface area contributed by atoms with Gasteiger partial charge in [-0.05, 0) is 44.6 Å². The molecule has 24 heavy (non-hydrogen) atoms. The van der Waals surface area contributed by atoms with Gasteiger partial charge in [-0.2, -0.15) is 0 Å². The zero-order chi connectivity index (χ0) is 17.2. The van der Waals surface area contributed by atoms with Crippen LogP contribution in [0.3, 0.4) is 0 Å².